The van der Waals surface area contributed by atoms with E-state index in [1.54, 1.807) is 0 Å². The molecule has 0 bridgehead atoms. The molecule has 1 atom stereocenters. The van der Waals surface area contributed by atoms with Crippen LogP contribution in [0, 0.1) is 0 Å². The van der Waals surface area contributed by atoms with Crippen molar-refractivity contribution in [3.8, 4) is 0 Å². The van der Waals surface area contributed by atoms with Gasteiger partial charge in [-0.2, -0.15) is 0 Å². The number of nitrogens with one attached hydrogen (secondary N) is 1. The highest BCUT2D eigenvalue weighted by Crippen LogP contribution is 2.32. The van der Waals surface area contributed by atoms with Crippen molar-refractivity contribution in [3.63, 3.8) is 0 Å². The Morgan fingerprint density at radius 3 is 2.86 bits per heavy atom. The number of rotatable bonds is 4. The molecule has 0 spiro atoms. The molecule has 0 amide bonds. The van der Waals surface area contributed by atoms with Crippen LogP contribution < -0.4 is 5.32 Å². The number of aromatic nitrogens is 2. The van der Waals surface area contributed by atoms with Gasteiger partial charge in [0.15, 0.2) is 0 Å². The predicted octanol–water partition coefficient (Wildman–Crippen LogP) is 4.09. The normalized spacial score (nSPS) is 17.3. The fourth-order valence-electron chi connectivity index (χ4n) is 3.07. The van der Waals surface area contributed by atoms with E-state index in [1.165, 1.54) is 36.0 Å². The summed E-state index contributed by atoms with van der Waals surface area (Å²) in [4.78, 5) is 9.12. The van der Waals surface area contributed by atoms with Crippen LogP contribution in [-0.2, 0) is 19.3 Å². The summed E-state index contributed by atoms with van der Waals surface area (Å²) in [5.41, 5.74) is 4.11. The lowest BCUT2D eigenvalue weighted by molar-refractivity contribution is 0.597. The minimum absolute atomic E-state index is 0.375. The van der Waals surface area contributed by atoms with E-state index >= 15 is 0 Å². The van der Waals surface area contributed by atoms with Crippen LogP contribution in [-0.4, -0.2) is 9.97 Å². The lowest BCUT2D eigenvalue weighted by atomic mass is 9.87. The Hall–Kier alpha value is -1.90. The van der Waals surface area contributed by atoms with Gasteiger partial charge in [0, 0.05) is 18.2 Å². The second-order valence-electron chi connectivity index (χ2n) is 5.66. The Kier molecular flexibility index (Phi) is 4.18. The molecular formula is C18H23N3. The van der Waals surface area contributed by atoms with Gasteiger partial charge in [0.25, 0.3) is 0 Å². The highest BCUT2D eigenvalue weighted by molar-refractivity contribution is 5.47. The molecule has 1 heterocycles. The lowest BCUT2D eigenvalue weighted by Crippen LogP contribution is -2.19. The van der Waals surface area contributed by atoms with Crippen LogP contribution in [0.25, 0.3) is 0 Å². The van der Waals surface area contributed by atoms with Gasteiger partial charge in [-0.05, 0) is 36.8 Å². The summed E-state index contributed by atoms with van der Waals surface area (Å²) >= 11 is 0. The van der Waals surface area contributed by atoms with E-state index in [9.17, 15) is 0 Å². The summed E-state index contributed by atoms with van der Waals surface area (Å²) in [6.45, 7) is 4.25. The van der Waals surface area contributed by atoms with Gasteiger partial charge in [0.05, 0.1) is 6.04 Å². The van der Waals surface area contributed by atoms with E-state index < -0.39 is 0 Å². The van der Waals surface area contributed by atoms with Crippen LogP contribution >= 0.6 is 0 Å². The molecule has 21 heavy (non-hydrogen) atoms. The molecule has 3 rings (SSSR count). The van der Waals surface area contributed by atoms with Crippen molar-refractivity contribution in [2.75, 3.05) is 5.32 Å². The van der Waals surface area contributed by atoms with Crippen molar-refractivity contribution >= 4 is 5.82 Å². The first kappa shape index (κ1) is 14.1. The van der Waals surface area contributed by atoms with Crippen LogP contribution in [0.3, 0.4) is 0 Å². The van der Waals surface area contributed by atoms with Crippen molar-refractivity contribution in [2.45, 2.75) is 52.0 Å². The average Bonchev–Trinajstić information content (AvgIpc) is 2.55. The Bertz CT molecular complexity index is 622. The predicted molar refractivity (Wildman–Crippen MR) is 86.5 cm³/mol. The van der Waals surface area contributed by atoms with Gasteiger partial charge in [-0.3, -0.25) is 0 Å². The molecule has 3 nitrogen and oxygen atoms in total. The van der Waals surface area contributed by atoms with Crippen LogP contribution in [0.2, 0.25) is 0 Å². The van der Waals surface area contributed by atoms with Gasteiger partial charge in [-0.25, -0.2) is 9.97 Å². The van der Waals surface area contributed by atoms with Gasteiger partial charge in [-0.1, -0.05) is 38.1 Å². The quantitative estimate of drug-likeness (QED) is 0.917. The van der Waals surface area contributed by atoms with Gasteiger partial charge < -0.3 is 5.32 Å². The van der Waals surface area contributed by atoms with Gasteiger partial charge >= 0.3 is 0 Å². The van der Waals surface area contributed by atoms with Crippen LogP contribution in [0.1, 0.15) is 55.2 Å². The third-order valence-electron chi connectivity index (χ3n) is 4.29. The van der Waals surface area contributed by atoms with Crippen molar-refractivity contribution in [1.29, 1.82) is 0 Å². The fourth-order valence-corrected chi connectivity index (χ4v) is 3.07. The SMILES string of the molecule is CCc1ncc(CC)c(N[C@@H]2CCCc3ccccc32)n1. The molecule has 110 valence electrons. The summed E-state index contributed by atoms with van der Waals surface area (Å²) in [5, 5.41) is 3.68. The third-order valence-corrected chi connectivity index (χ3v) is 4.29. The highest BCUT2D eigenvalue weighted by atomic mass is 15.1. The monoisotopic (exact) mass is 281 g/mol. The summed E-state index contributed by atoms with van der Waals surface area (Å²) in [6.07, 6.45) is 7.41. The van der Waals surface area contributed by atoms with Crippen LogP contribution in [0.4, 0.5) is 5.82 Å². The molecular weight excluding hydrogens is 258 g/mol. The maximum atomic E-state index is 4.71. The topological polar surface area (TPSA) is 37.8 Å². The van der Waals surface area contributed by atoms with E-state index in [0.717, 1.165) is 24.5 Å². The van der Waals surface area contributed by atoms with Crippen LogP contribution in [0.5, 0.6) is 0 Å². The zero-order chi connectivity index (χ0) is 14.7. The largest absolute Gasteiger partial charge is 0.363 e. The summed E-state index contributed by atoms with van der Waals surface area (Å²) in [6, 6.07) is 9.15. The lowest BCUT2D eigenvalue weighted by Gasteiger charge is -2.27. The standard InChI is InChI=1S/C18H23N3/c1-3-13-12-19-17(4-2)21-18(13)20-16-11-7-9-14-8-5-6-10-15(14)16/h5-6,8,10,12,16H,3-4,7,9,11H2,1-2H3,(H,19,20,21)/t16-/m1/s1. The van der Waals surface area contributed by atoms with Crippen molar-refractivity contribution in [1.82, 2.24) is 9.97 Å². The Balaban J connectivity index is 1.90. The minimum atomic E-state index is 0.375. The molecule has 1 aromatic heterocycles. The maximum absolute atomic E-state index is 4.71. The molecule has 0 aliphatic heterocycles. The van der Waals surface area contributed by atoms with Crippen molar-refractivity contribution in [2.24, 2.45) is 0 Å². The molecule has 1 N–H and O–H groups in total. The second kappa shape index (κ2) is 6.25. The zero-order valence-corrected chi connectivity index (χ0v) is 12.9. The molecule has 0 unspecified atom stereocenters. The molecule has 2 aromatic rings. The zero-order valence-electron chi connectivity index (χ0n) is 12.9. The van der Waals surface area contributed by atoms with E-state index in [1.807, 2.05) is 6.20 Å². The average molecular weight is 281 g/mol. The number of anilines is 1. The first-order chi connectivity index (χ1) is 10.3. The number of hydrogen-bond donors (Lipinski definition) is 1. The smallest absolute Gasteiger partial charge is 0.133 e. The van der Waals surface area contributed by atoms with E-state index in [0.29, 0.717) is 6.04 Å². The number of hydrogen-bond acceptors (Lipinski definition) is 3. The Labute approximate surface area is 126 Å². The fraction of sp³-hybridized carbons (Fsp3) is 0.444. The molecule has 0 radical (unpaired) electrons. The van der Waals surface area contributed by atoms with Crippen molar-refractivity contribution in [3.05, 3.63) is 53.0 Å². The Morgan fingerprint density at radius 2 is 2.05 bits per heavy atom. The number of aryl methyl sites for hydroxylation is 3. The molecule has 3 heteroatoms. The van der Waals surface area contributed by atoms with Gasteiger partial charge in [-0.15, -0.1) is 0 Å². The number of benzene rings is 1. The number of nitrogens with zero attached hydrogens (tertiary/aromatic N) is 2. The summed E-state index contributed by atoms with van der Waals surface area (Å²) in [5.74, 6) is 1.94. The van der Waals surface area contributed by atoms with Gasteiger partial charge in [0.1, 0.15) is 11.6 Å². The summed E-state index contributed by atoms with van der Waals surface area (Å²) < 4.78 is 0. The first-order valence-corrected chi connectivity index (χ1v) is 8.01. The minimum Gasteiger partial charge on any atom is -0.363 e. The molecule has 0 saturated carbocycles. The van der Waals surface area contributed by atoms with E-state index in [-0.39, 0.29) is 0 Å². The van der Waals surface area contributed by atoms with Crippen LogP contribution in [0.15, 0.2) is 30.5 Å². The molecule has 1 aromatic carbocycles. The maximum Gasteiger partial charge on any atom is 0.133 e. The summed E-state index contributed by atoms with van der Waals surface area (Å²) in [7, 11) is 0. The molecule has 1 aliphatic carbocycles. The third kappa shape index (κ3) is 2.92. The van der Waals surface area contributed by atoms with E-state index in [2.05, 4.69) is 48.4 Å². The van der Waals surface area contributed by atoms with E-state index in [4.69, 9.17) is 4.98 Å². The second-order valence-corrected chi connectivity index (χ2v) is 5.66. The molecule has 0 saturated heterocycles. The molecule has 0 fully saturated rings. The Morgan fingerprint density at radius 1 is 1.19 bits per heavy atom. The van der Waals surface area contributed by atoms with Gasteiger partial charge in [0.2, 0.25) is 0 Å². The highest BCUT2D eigenvalue weighted by Gasteiger charge is 2.20. The van der Waals surface area contributed by atoms with Crippen molar-refractivity contribution < 1.29 is 0 Å². The molecule has 1 aliphatic rings. The number of fused-ring (bicyclic) bond motifs is 1. The first-order valence-electron chi connectivity index (χ1n) is 8.01.